The Bertz CT molecular complexity index is 287. The van der Waals surface area contributed by atoms with Crippen molar-refractivity contribution >= 4 is 5.97 Å². The van der Waals surface area contributed by atoms with E-state index in [1.54, 1.807) is 0 Å². The summed E-state index contributed by atoms with van der Waals surface area (Å²) in [6.45, 7) is 7.31. The van der Waals surface area contributed by atoms with Gasteiger partial charge in [-0.3, -0.25) is 4.79 Å². The fourth-order valence-electron chi connectivity index (χ4n) is 2.78. The SMILES string of the molecule is COC(=O)C(CCN1CCC(N(C)C)CC1)NC(C)C. The molecule has 1 aliphatic rings. The van der Waals surface area contributed by atoms with E-state index in [1.165, 1.54) is 20.0 Å². The summed E-state index contributed by atoms with van der Waals surface area (Å²) in [4.78, 5) is 16.5. The van der Waals surface area contributed by atoms with Crippen molar-refractivity contribution in [2.24, 2.45) is 0 Å². The molecule has 0 saturated carbocycles. The van der Waals surface area contributed by atoms with Crippen molar-refractivity contribution in [2.75, 3.05) is 40.8 Å². The maximum absolute atomic E-state index is 11.8. The second-order valence-corrected chi connectivity index (χ2v) is 6.22. The molecule has 1 rings (SSSR count). The third-order valence-corrected chi connectivity index (χ3v) is 4.04. The van der Waals surface area contributed by atoms with Gasteiger partial charge in [0.1, 0.15) is 6.04 Å². The molecule has 0 bridgehead atoms. The van der Waals surface area contributed by atoms with E-state index in [0.29, 0.717) is 12.1 Å². The van der Waals surface area contributed by atoms with Gasteiger partial charge in [0.05, 0.1) is 7.11 Å². The largest absolute Gasteiger partial charge is 0.468 e. The Morgan fingerprint density at radius 2 is 1.95 bits per heavy atom. The number of carbonyl (C=O) groups is 1. The fraction of sp³-hybridized carbons (Fsp3) is 0.933. The summed E-state index contributed by atoms with van der Waals surface area (Å²) in [6, 6.07) is 0.807. The Kier molecular flexibility index (Phi) is 7.48. The molecule has 1 atom stereocenters. The van der Waals surface area contributed by atoms with E-state index < -0.39 is 0 Å². The molecule has 5 heteroatoms. The lowest BCUT2D eigenvalue weighted by molar-refractivity contribution is -0.143. The number of likely N-dealkylation sites (tertiary alicyclic amines) is 1. The zero-order valence-electron chi connectivity index (χ0n) is 13.7. The minimum Gasteiger partial charge on any atom is -0.468 e. The molecule has 0 aromatic carbocycles. The minimum absolute atomic E-state index is 0.151. The van der Waals surface area contributed by atoms with Crippen LogP contribution in [0.1, 0.15) is 33.1 Å². The lowest BCUT2D eigenvalue weighted by Gasteiger charge is -2.35. The van der Waals surface area contributed by atoms with Crippen LogP contribution in [0.3, 0.4) is 0 Å². The highest BCUT2D eigenvalue weighted by Crippen LogP contribution is 2.14. The van der Waals surface area contributed by atoms with Crippen LogP contribution in [0.4, 0.5) is 0 Å². The zero-order valence-corrected chi connectivity index (χ0v) is 13.7. The quantitative estimate of drug-likeness (QED) is 0.705. The number of esters is 1. The fourth-order valence-corrected chi connectivity index (χ4v) is 2.78. The number of nitrogens with zero attached hydrogens (tertiary/aromatic N) is 2. The minimum atomic E-state index is -0.188. The van der Waals surface area contributed by atoms with Crippen LogP contribution >= 0.6 is 0 Å². The van der Waals surface area contributed by atoms with Gasteiger partial charge < -0.3 is 19.9 Å². The first-order valence-corrected chi connectivity index (χ1v) is 7.66. The molecule has 1 heterocycles. The number of rotatable bonds is 7. The molecular formula is C15H31N3O2. The summed E-state index contributed by atoms with van der Waals surface area (Å²) in [7, 11) is 5.76. The number of hydrogen-bond acceptors (Lipinski definition) is 5. The molecule has 0 radical (unpaired) electrons. The Morgan fingerprint density at radius 1 is 1.35 bits per heavy atom. The van der Waals surface area contributed by atoms with E-state index in [-0.39, 0.29) is 12.0 Å². The summed E-state index contributed by atoms with van der Waals surface area (Å²) in [5.74, 6) is -0.151. The van der Waals surface area contributed by atoms with Crippen molar-refractivity contribution in [1.29, 1.82) is 0 Å². The summed E-state index contributed by atoms with van der Waals surface area (Å²) in [6.07, 6.45) is 3.25. The first kappa shape index (κ1) is 17.4. The molecule has 20 heavy (non-hydrogen) atoms. The van der Waals surface area contributed by atoms with Crippen molar-refractivity contribution in [1.82, 2.24) is 15.1 Å². The van der Waals surface area contributed by atoms with Crippen LogP contribution in [0.25, 0.3) is 0 Å². The van der Waals surface area contributed by atoms with Crippen LogP contribution in [0, 0.1) is 0 Å². The Labute approximate surface area is 123 Å². The van der Waals surface area contributed by atoms with Gasteiger partial charge in [0.2, 0.25) is 0 Å². The highest BCUT2D eigenvalue weighted by molar-refractivity contribution is 5.75. The van der Waals surface area contributed by atoms with Crippen molar-refractivity contribution in [3.63, 3.8) is 0 Å². The van der Waals surface area contributed by atoms with E-state index in [2.05, 4.69) is 43.1 Å². The van der Waals surface area contributed by atoms with Crippen LogP contribution in [0.2, 0.25) is 0 Å². The average molecular weight is 285 g/mol. The number of carbonyl (C=O) groups excluding carboxylic acids is 1. The maximum Gasteiger partial charge on any atom is 0.322 e. The highest BCUT2D eigenvalue weighted by atomic mass is 16.5. The van der Waals surface area contributed by atoms with Gasteiger partial charge in [0.15, 0.2) is 0 Å². The van der Waals surface area contributed by atoms with Gasteiger partial charge in [-0.25, -0.2) is 0 Å². The average Bonchev–Trinajstić information content (AvgIpc) is 2.42. The van der Waals surface area contributed by atoms with Crippen LogP contribution in [-0.4, -0.2) is 74.7 Å². The zero-order chi connectivity index (χ0) is 15.1. The van der Waals surface area contributed by atoms with E-state index in [4.69, 9.17) is 4.74 Å². The molecule has 0 aromatic rings. The molecule has 118 valence electrons. The lowest BCUT2D eigenvalue weighted by atomic mass is 10.0. The predicted molar refractivity (Wildman–Crippen MR) is 81.8 cm³/mol. The van der Waals surface area contributed by atoms with Gasteiger partial charge in [0.25, 0.3) is 0 Å². The van der Waals surface area contributed by atoms with E-state index >= 15 is 0 Å². The van der Waals surface area contributed by atoms with Gasteiger partial charge in [-0.2, -0.15) is 0 Å². The van der Waals surface area contributed by atoms with E-state index in [9.17, 15) is 4.79 Å². The number of ether oxygens (including phenoxy) is 1. The summed E-state index contributed by atoms with van der Waals surface area (Å²) < 4.78 is 4.88. The number of methoxy groups -OCH3 is 1. The Hall–Kier alpha value is -0.650. The van der Waals surface area contributed by atoms with Gasteiger partial charge in [0, 0.05) is 18.6 Å². The molecule has 0 aliphatic carbocycles. The van der Waals surface area contributed by atoms with Crippen molar-refractivity contribution in [2.45, 2.75) is 51.2 Å². The smallest absolute Gasteiger partial charge is 0.322 e. The van der Waals surface area contributed by atoms with E-state index in [0.717, 1.165) is 26.1 Å². The first-order chi connectivity index (χ1) is 9.43. The lowest BCUT2D eigenvalue weighted by Crippen LogP contribution is -2.46. The standard InChI is InChI=1S/C15H31N3O2/c1-12(2)16-14(15(19)20-5)8-11-18-9-6-13(7-10-18)17(3)4/h12-14,16H,6-11H2,1-5H3. The first-order valence-electron chi connectivity index (χ1n) is 7.66. The summed E-state index contributed by atoms with van der Waals surface area (Å²) in [5, 5.41) is 3.29. The monoisotopic (exact) mass is 285 g/mol. The van der Waals surface area contributed by atoms with Gasteiger partial charge >= 0.3 is 5.97 Å². The number of nitrogens with one attached hydrogen (secondary N) is 1. The molecule has 1 N–H and O–H groups in total. The van der Waals surface area contributed by atoms with Crippen molar-refractivity contribution < 1.29 is 9.53 Å². The highest BCUT2D eigenvalue weighted by Gasteiger charge is 2.24. The Morgan fingerprint density at radius 3 is 2.40 bits per heavy atom. The number of piperidine rings is 1. The maximum atomic E-state index is 11.8. The normalized spacial score (nSPS) is 19.6. The molecule has 5 nitrogen and oxygen atoms in total. The van der Waals surface area contributed by atoms with Crippen molar-refractivity contribution in [3.05, 3.63) is 0 Å². The molecule has 0 aromatic heterocycles. The number of hydrogen-bond donors (Lipinski definition) is 1. The van der Waals surface area contributed by atoms with Crippen LogP contribution in [0.5, 0.6) is 0 Å². The van der Waals surface area contributed by atoms with Crippen LogP contribution < -0.4 is 5.32 Å². The second kappa shape index (κ2) is 8.60. The summed E-state index contributed by atoms with van der Waals surface area (Å²) >= 11 is 0. The van der Waals surface area contributed by atoms with Gasteiger partial charge in [-0.15, -0.1) is 0 Å². The molecule has 0 spiro atoms. The van der Waals surface area contributed by atoms with Crippen molar-refractivity contribution in [3.8, 4) is 0 Å². The van der Waals surface area contributed by atoms with E-state index in [1.807, 2.05) is 0 Å². The predicted octanol–water partition coefficient (Wildman–Crippen LogP) is 0.942. The van der Waals surface area contributed by atoms with Gasteiger partial charge in [-0.1, -0.05) is 13.8 Å². The topological polar surface area (TPSA) is 44.8 Å². The third-order valence-electron chi connectivity index (χ3n) is 4.04. The van der Waals surface area contributed by atoms with Gasteiger partial charge in [-0.05, 0) is 46.4 Å². The third kappa shape index (κ3) is 5.77. The second-order valence-electron chi connectivity index (χ2n) is 6.22. The molecule has 1 saturated heterocycles. The molecular weight excluding hydrogens is 254 g/mol. The van der Waals surface area contributed by atoms with Crippen LogP contribution in [-0.2, 0) is 9.53 Å². The van der Waals surface area contributed by atoms with Crippen LogP contribution in [0.15, 0.2) is 0 Å². The molecule has 1 unspecified atom stereocenters. The molecule has 1 aliphatic heterocycles. The summed E-state index contributed by atoms with van der Waals surface area (Å²) in [5.41, 5.74) is 0. The molecule has 1 fully saturated rings. The molecule has 0 amide bonds. The Balaban J connectivity index is 2.35.